The van der Waals surface area contributed by atoms with Crippen molar-refractivity contribution in [3.8, 4) is 11.8 Å². The monoisotopic (exact) mass is 177 g/mol. The first-order valence-corrected chi connectivity index (χ1v) is 4.46. The van der Waals surface area contributed by atoms with Crippen molar-refractivity contribution >= 4 is 0 Å². The van der Waals surface area contributed by atoms with E-state index in [2.05, 4.69) is 31.0 Å². The maximum Gasteiger partial charge on any atom is 0.118 e. The van der Waals surface area contributed by atoms with E-state index in [1.807, 2.05) is 13.0 Å². The minimum atomic E-state index is 0.478. The SMILES string of the molecule is CC#Cc1coc(CNC(C)C)c1. The second-order valence-electron chi connectivity index (χ2n) is 3.21. The van der Waals surface area contributed by atoms with Crippen LogP contribution in [0.25, 0.3) is 0 Å². The van der Waals surface area contributed by atoms with Crippen LogP contribution in [0.4, 0.5) is 0 Å². The minimum Gasteiger partial charge on any atom is -0.467 e. The van der Waals surface area contributed by atoms with Crippen molar-refractivity contribution in [2.75, 3.05) is 0 Å². The molecule has 0 aliphatic carbocycles. The highest BCUT2D eigenvalue weighted by molar-refractivity contribution is 5.32. The standard InChI is InChI=1S/C11H15NO/c1-4-5-10-6-11(13-8-10)7-12-9(2)3/h6,8-9,12H,7H2,1-3H3. The number of rotatable bonds is 3. The molecule has 2 nitrogen and oxygen atoms in total. The van der Waals surface area contributed by atoms with Gasteiger partial charge >= 0.3 is 0 Å². The molecule has 1 aromatic rings. The average molecular weight is 177 g/mol. The highest BCUT2D eigenvalue weighted by Crippen LogP contribution is 2.06. The molecule has 0 saturated heterocycles. The molecule has 0 aromatic carbocycles. The summed E-state index contributed by atoms with van der Waals surface area (Å²) in [5.41, 5.74) is 0.947. The normalized spacial score (nSPS) is 9.85. The molecule has 0 spiro atoms. The molecule has 0 unspecified atom stereocenters. The Morgan fingerprint density at radius 3 is 2.92 bits per heavy atom. The lowest BCUT2D eigenvalue weighted by molar-refractivity contribution is 0.465. The molecule has 0 aliphatic rings. The second kappa shape index (κ2) is 4.74. The van der Waals surface area contributed by atoms with Crippen LogP contribution in [0.3, 0.4) is 0 Å². The summed E-state index contributed by atoms with van der Waals surface area (Å²) in [4.78, 5) is 0. The van der Waals surface area contributed by atoms with Gasteiger partial charge in [-0.15, -0.1) is 5.92 Å². The van der Waals surface area contributed by atoms with Gasteiger partial charge in [-0.2, -0.15) is 0 Å². The van der Waals surface area contributed by atoms with Gasteiger partial charge in [0.05, 0.1) is 12.1 Å². The Kier molecular flexibility index (Phi) is 3.60. The van der Waals surface area contributed by atoms with Gasteiger partial charge in [-0.25, -0.2) is 0 Å². The third-order valence-electron chi connectivity index (χ3n) is 1.61. The molecule has 0 radical (unpaired) electrons. The van der Waals surface area contributed by atoms with Gasteiger partial charge in [0, 0.05) is 6.04 Å². The van der Waals surface area contributed by atoms with Gasteiger partial charge in [-0.05, 0) is 13.0 Å². The van der Waals surface area contributed by atoms with Crippen LogP contribution in [0.5, 0.6) is 0 Å². The summed E-state index contributed by atoms with van der Waals surface area (Å²) in [6.07, 6.45) is 1.69. The van der Waals surface area contributed by atoms with Crippen LogP contribution in [-0.2, 0) is 6.54 Å². The Hall–Kier alpha value is -1.20. The summed E-state index contributed by atoms with van der Waals surface area (Å²) in [5.74, 6) is 6.71. The van der Waals surface area contributed by atoms with Crippen LogP contribution in [0, 0.1) is 11.8 Å². The van der Waals surface area contributed by atoms with Gasteiger partial charge in [0.1, 0.15) is 12.0 Å². The zero-order valence-corrected chi connectivity index (χ0v) is 8.35. The number of hydrogen-bond acceptors (Lipinski definition) is 2. The summed E-state index contributed by atoms with van der Waals surface area (Å²) in [6, 6.07) is 2.44. The fraction of sp³-hybridized carbons (Fsp3) is 0.455. The van der Waals surface area contributed by atoms with E-state index in [1.54, 1.807) is 6.26 Å². The maximum absolute atomic E-state index is 5.30. The average Bonchev–Trinajstić information content (AvgIpc) is 2.50. The third-order valence-corrected chi connectivity index (χ3v) is 1.61. The van der Waals surface area contributed by atoms with E-state index in [0.29, 0.717) is 6.04 Å². The Balaban J connectivity index is 2.52. The van der Waals surface area contributed by atoms with Gasteiger partial charge in [0.25, 0.3) is 0 Å². The number of hydrogen-bond donors (Lipinski definition) is 1. The van der Waals surface area contributed by atoms with Gasteiger partial charge in [-0.3, -0.25) is 0 Å². The summed E-state index contributed by atoms with van der Waals surface area (Å²) in [5, 5.41) is 3.28. The summed E-state index contributed by atoms with van der Waals surface area (Å²) in [7, 11) is 0. The van der Waals surface area contributed by atoms with Crippen molar-refractivity contribution in [3.63, 3.8) is 0 Å². The van der Waals surface area contributed by atoms with E-state index in [-0.39, 0.29) is 0 Å². The molecule has 0 saturated carbocycles. The molecule has 1 N–H and O–H groups in total. The first-order valence-electron chi connectivity index (χ1n) is 4.46. The molecule has 13 heavy (non-hydrogen) atoms. The van der Waals surface area contributed by atoms with E-state index in [9.17, 15) is 0 Å². The van der Waals surface area contributed by atoms with Crippen LogP contribution in [0.2, 0.25) is 0 Å². The van der Waals surface area contributed by atoms with E-state index in [0.717, 1.165) is 17.9 Å². The van der Waals surface area contributed by atoms with Crippen molar-refractivity contribution < 1.29 is 4.42 Å². The van der Waals surface area contributed by atoms with Crippen molar-refractivity contribution in [2.24, 2.45) is 0 Å². The summed E-state index contributed by atoms with van der Waals surface area (Å²) in [6.45, 7) is 6.80. The minimum absolute atomic E-state index is 0.478. The van der Waals surface area contributed by atoms with E-state index < -0.39 is 0 Å². The van der Waals surface area contributed by atoms with Gasteiger partial charge in [0.2, 0.25) is 0 Å². The summed E-state index contributed by atoms with van der Waals surface area (Å²) >= 11 is 0. The van der Waals surface area contributed by atoms with Crippen molar-refractivity contribution in [2.45, 2.75) is 33.4 Å². The van der Waals surface area contributed by atoms with Crippen LogP contribution >= 0.6 is 0 Å². The van der Waals surface area contributed by atoms with Crippen LogP contribution in [0.15, 0.2) is 16.7 Å². The molecule has 70 valence electrons. The zero-order chi connectivity index (χ0) is 9.68. The van der Waals surface area contributed by atoms with Gasteiger partial charge in [-0.1, -0.05) is 19.8 Å². The summed E-state index contributed by atoms with van der Waals surface area (Å²) < 4.78 is 5.30. The molecule has 1 rings (SSSR count). The quantitative estimate of drug-likeness (QED) is 0.716. The third kappa shape index (κ3) is 3.35. The van der Waals surface area contributed by atoms with Crippen molar-refractivity contribution in [1.82, 2.24) is 5.32 Å². The Morgan fingerprint density at radius 2 is 2.31 bits per heavy atom. The first kappa shape index (κ1) is 9.88. The molecular formula is C11H15NO. The first-order chi connectivity index (χ1) is 6.22. The van der Waals surface area contributed by atoms with Gasteiger partial charge < -0.3 is 9.73 Å². The fourth-order valence-corrected chi connectivity index (χ4v) is 0.988. The predicted molar refractivity (Wildman–Crippen MR) is 53.2 cm³/mol. The Morgan fingerprint density at radius 1 is 1.54 bits per heavy atom. The molecule has 0 fully saturated rings. The molecule has 0 amide bonds. The lowest BCUT2D eigenvalue weighted by Gasteiger charge is -2.04. The molecule has 1 heterocycles. The highest BCUT2D eigenvalue weighted by atomic mass is 16.3. The predicted octanol–water partition coefficient (Wildman–Crippen LogP) is 2.15. The molecule has 0 atom stereocenters. The molecular weight excluding hydrogens is 162 g/mol. The second-order valence-corrected chi connectivity index (χ2v) is 3.21. The molecule has 2 heteroatoms. The largest absolute Gasteiger partial charge is 0.467 e. The van der Waals surface area contributed by atoms with Crippen molar-refractivity contribution in [1.29, 1.82) is 0 Å². The lowest BCUT2D eigenvalue weighted by atomic mass is 10.3. The zero-order valence-electron chi connectivity index (χ0n) is 8.35. The maximum atomic E-state index is 5.30. The van der Waals surface area contributed by atoms with Crippen molar-refractivity contribution in [3.05, 3.63) is 23.7 Å². The molecule has 0 bridgehead atoms. The van der Waals surface area contributed by atoms with E-state index in [1.165, 1.54) is 0 Å². The number of nitrogens with one attached hydrogen (secondary N) is 1. The van der Waals surface area contributed by atoms with E-state index >= 15 is 0 Å². The highest BCUT2D eigenvalue weighted by Gasteiger charge is 1.99. The van der Waals surface area contributed by atoms with Gasteiger partial charge in [0.15, 0.2) is 0 Å². The smallest absolute Gasteiger partial charge is 0.118 e. The van der Waals surface area contributed by atoms with Crippen LogP contribution in [-0.4, -0.2) is 6.04 Å². The van der Waals surface area contributed by atoms with Crippen LogP contribution in [0.1, 0.15) is 32.1 Å². The Bertz CT molecular complexity index is 314. The fourth-order valence-electron chi connectivity index (χ4n) is 0.988. The lowest BCUT2D eigenvalue weighted by Crippen LogP contribution is -2.21. The molecule has 1 aromatic heterocycles. The molecule has 0 aliphatic heterocycles. The Labute approximate surface area is 79.3 Å². The number of furan rings is 1. The topological polar surface area (TPSA) is 25.2 Å². The van der Waals surface area contributed by atoms with Crippen LogP contribution < -0.4 is 5.32 Å². The van der Waals surface area contributed by atoms with E-state index in [4.69, 9.17) is 4.42 Å².